The fourth-order valence-electron chi connectivity index (χ4n) is 3.77. The second-order valence-electron chi connectivity index (χ2n) is 8.56. The number of aryl methyl sites for hydroxylation is 1. The van der Waals surface area contributed by atoms with Gasteiger partial charge in [0.15, 0.2) is 6.10 Å². The van der Waals surface area contributed by atoms with Gasteiger partial charge in [0.2, 0.25) is 0 Å². The van der Waals surface area contributed by atoms with E-state index in [1.54, 1.807) is 24.3 Å². The number of ether oxygens (including phenoxy) is 2. The van der Waals surface area contributed by atoms with E-state index in [1.807, 2.05) is 37.3 Å². The van der Waals surface area contributed by atoms with Gasteiger partial charge in [-0.3, -0.25) is 9.10 Å². The van der Waals surface area contributed by atoms with Crippen LogP contribution in [0, 0.1) is 6.92 Å². The molecule has 0 bridgehead atoms. The molecule has 0 unspecified atom stereocenters. The summed E-state index contributed by atoms with van der Waals surface area (Å²) in [5.41, 5.74) is 3.07. The number of rotatable bonds is 6. The van der Waals surface area contributed by atoms with Crippen molar-refractivity contribution < 1.29 is 22.7 Å². The third-order valence-corrected chi connectivity index (χ3v) is 7.56. The molecule has 3 aromatic carbocycles. The Bertz CT molecular complexity index is 1290. The van der Waals surface area contributed by atoms with E-state index >= 15 is 0 Å². The Morgan fingerprint density at radius 3 is 2.35 bits per heavy atom. The Morgan fingerprint density at radius 2 is 1.74 bits per heavy atom. The highest BCUT2D eigenvalue weighted by Crippen LogP contribution is 2.38. The van der Waals surface area contributed by atoms with Crippen LogP contribution >= 0.6 is 0 Å². The predicted molar refractivity (Wildman–Crippen MR) is 132 cm³/mol. The normalized spacial score (nSPS) is 15.4. The number of hydrogen-bond donors (Lipinski definition) is 1. The van der Waals surface area contributed by atoms with Gasteiger partial charge in [-0.25, -0.2) is 8.42 Å². The molecule has 3 aromatic rings. The maximum atomic E-state index is 13.6. The number of anilines is 2. The van der Waals surface area contributed by atoms with Crippen LogP contribution in [0.3, 0.4) is 0 Å². The van der Waals surface area contributed by atoms with Gasteiger partial charge in [0.25, 0.3) is 15.9 Å². The largest absolute Gasteiger partial charge is 0.497 e. The van der Waals surface area contributed by atoms with Crippen LogP contribution < -0.4 is 19.1 Å². The molecule has 178 valence electrons. The number of sulfonamides is 1. The molecule has 7 nitrogen and oxygen atoms in total. The number of nitrogens with zero attached hydrogens (tertiary/aromatic N) is 1. The lowest BCUT2D eigenvalue weighted by atomic mass is 10.0. The third-order valence-electron chi connectivity index (χ3n) is 5.77. The number of carbonyl (C=O) groups excluding carboxylic acids is 1. The summed E-state index contributed by atoms with van der Waals surface area (Å²) in [6, 6.07) is 19.0. The van der Waals surface area contributed by atoms with Crippen LogP contribution in [-0.2, 0) is 14.8 Å². The predicted octanol–water partition coefficient (Wildman–Crippen LogP) is 4.72. The Hall–Kier alpha value is -3.52. The first-order chi connectivity index (χ1) is 16.2. The van der Waals surface area contributed by atoms with Gasteiger partial charge in [-0.15, -0.1) is 0 Å². The molecule has 1 amide bonds. The van der Waals surface area contributed by atoms with Gasteiger partial charge in [-0.1, -0.05) is 32.0 Å². The number of nitrogens with one attached hydrogen (secondary N) is 1. The first-order valence-corrected chi connectivity index (χ1v) is 12.5. The second kappa shape index (κ2) is 9.38. The Balaban J connectivity index is 1.64. The first kappa shape index (κ1) is 23.6. The van der Waals surface area contributed by atoms with Crippen molar-refractivity contribution in [2.75, 3.05) is 23.3 Å². The summed E-state index contributed by atoms with van der Waals surface area (Å²) < 4.78 is 39.5. The van der Waals surface area contributed by atoms with Crippen LogP contribution in [0.2, 0.25) is 0 Å². The molecule has 0 spiro atoms. The monoisotopic (exact) mass is 480 g/mol. The van der Waals surface area contributed by atoms with E-state index in [1.165, 1.54) is 23.5 Å². The molecule has 1 aliphatic rings. The van der Waals surface area contributed by atoms with E-state index in [-0.39, 0.29) is 11.4 Å². The van der Waals surface area contributed by atoms with Crippen LogP contribution in [0.25, 0.3) is 0 Å². The molecule has 0 fully saturated rings. The third kappa shape index (κ3) is 4.72. The fourth-order valence-corrected chi connectivity index (χ4v) is 5.25. The average molecular weight is 481 g/mol. The lowest BCUT2D eigenvalue weighted by Crippen LogP contribution is -2.48. The molecule has 1 heterocycles. The number of fused-ring (bicyclic) bond motifs is 1. The van der Waals surface area contributed by atoms with Crippen molar-refractivity contribution in [3.8, 4) is 11.5 Å². The number of carbonyl (C=O) groups is 1. The van der Waals surface area contributed by atoms with Crippen molar-refractivity contribution in [2.45, 2.75) is 37.7 Å². The summed E-state index contributed by atoms with van der Waals surface area (Å²) in [4.78, 5) is 13.2. The lowest BCUT2D eigenvalue weighted by Gasteiger charge is -2.35. The number of benzene rings is 3. The minimum absolute atomic E-state index is 0.102. The van der Waals surface area contributed by atoms with Crippen molar-refractivity contribution in [3.05, 3.63) is 77.9 Å². The lowest BCUT2D eigenvalue weighted by molar-refractivity contribution is -0.122. The quantitative estimate of drug-likeness (QED) is 0.552. The molecular weight excluding hydrogens is 452 g/mol. The van der Waals surface area contributed by atoms with Gasteiger partial charge < -0.3 is 14.8 Å². The summed E-state index contributed by atoms with van der Waals surface area (Å²) in [6.45, 7) is 5.92. The van der Waals surface area contributed by atoms with Crippen molar-refractivity contribution in [3.63, 3.8) is 0 Å². The molecule has 0 aliphatic carbocycles. The highest BCUT2D eigenvalue weighted by Gasteiger charge is 2.37. The number of hydrogen-bond acceptors (Lipinski definition) is 5. The summed E-state index contributed by atoms with van der Waals surface area (Å²) in [5.74, 6) is 0.860. The fraction of sp³-hybridized carbons (Fsp3) is 0.269. The van der Waals surface area contributed by atoms with E-state index < -0.39 is 22.0 Å². The average Bonchev–Trinajstić information content (AvgIpc) is 2.83. The molecule has 8 heteroatoms. The molecule has 1 N–H and O–H groups in total. The minimum Gasteiger partial charge on any atom is -0.497 e. The summed E-state index contributed by atoms with van der Waals surface area (Å²) >= 11 is 0. The van der Waals surface area contributed by atoms with E-state index in [2.05, 4.69) is 19.2 Å². The van der Waals surface area contributed by atoms with Crippen LogP contribution in [0.5, 0.6) is 11.5 Å². The zero-order chi connectivity index (χ0) is 24.5. The molecule has 0 saturated heterocycles. The van der Waals surface area contributed by atoms with Gasteiger partial charge in [0.05, 0.1) is 24.2 Å². The van der Waals surface area contributed by atoms with E-state index in [4.69, 9.17) is 9.47 Å². The van der Waals surface area contributed by atoms with Crippen LogP contribution in [0.1, 0.15) is 30.9 Å². The maximum Gasteiger partial charge on any atom is 0.267 e. The highest BCUT2D eigenvalue weighted by molar-refractivity contribution is 7.92. The van der Waals surface area contributed by atoms with Crippen molar-refractivity contribution in [1.29, 1.82) is 0 Å². The highest BCUT2D eigenvalue weighted by atomic mass is 32.2. The molecule has 1 aliphatic heterocycles. The second-order valence-corrected chi connectivity index (χ2v) is 10.4. The van der Waals surface area contributed by atoms with E-state index in [0.717, 1.165) is 11.1 Å². The molecular formula is C26H28N2O5S. The summed E-state index contributed by atoms with van der Waals surface area (Å²) in [5, 5.41) is 2.85. The molecule has 0 radical (unpaired) electrons. The maximum absolute atomic E-state index is 13.6. The van der Waals surface area contributed by atoms with Gasteiger partial charge in [0, 0.05) is 5.69 Å². The Kier molecular flexibility index (Phi) is 6.52. The Morgan fingerprint density at radius 1 is 1.06 bits per heavy atom. The summed E-state index contributed by atoms with van der Waals surface area (Å²) in [6.07, 6.45) is -1.02. The standard InChI is InChI=1S/C26H28N2O5S/c1-17(2)19-6-8-20(9-7-19)27-26(29)25-16-28(23-14-5-18(3)15-24(23)33-25)34(30,31)22-12-10-21(32-4)11-13-22/h5-15,17,25H,16H2,1-4H3,(H,27,29)/t25-/m0/s1. The zero-order valence-corrected chi connectivity index (χ0v) is 20.4. The van der Waals surface area contributed by atoms with Gasteiger partial charge >= 0.3 is 0 Å². The van der Waals surface area contributed by atoms with Crippen LogP contribution in [-0.4, -0.2) is 34.1 Å². The van der Waals surface area contributed by atoms with Gasteiger partial charge in [-0.05, 0) is 72.5 Å². The molecule has 4 rings (SSSR count). The van der Waals surface area contributed by atoms with Crippen LogP contribution in [0.4, 0.5) is 11.4 Å². The van der Waals surface area contributed by atoms with E-state index in [9.17, 15) is 13.2 Å². The molecule has 0 aromatic heterocycles. The zero-order valence-electron chi connectivity index (χ0n) is 19.6. The van der Waals surface area contributed by atoms with Crippen molar-refractivity contribution in [2.24, 2.45) is 0 Å². The van der Waals surface area contributed by atoms with Crippen molar-refractivity contribution >= 4 is 27.3 Å². The van der Waals surface area contributed by atoms with Gasteiger partial charge in [-0.2, -0.15) is 0 Å². The molecule has 0 saturated carbocycles. The Labute approximate surface area is 200 Å². The summed E-state index contributed by atoms with van der Waals surface area (Å²) in [7, 11) is -2.43. The number of amides is 1. The first-order valence-electron chi connectivity index (χ1n) is 11.0. The SMILES string of the molecule is COc1ccc(S(=O)(=O)N2C[C@@H](C(=O)Nc3ccc(C(C)C)cc3)Oc3cc(C)ccc32)cc1. The topological polar surface area (TPSA) is 84.9 Å². The molecule has 34 heavy (non-hydrogen) atoms. The number of methoxy groups -OCH3 is 1. The molecule has 1 atom stereocenters. The van der Waals surface area contributed by atoms with Crippen LogP contribution in [0.15, 0.2) is 71.6 Å². The van der Waals surface area contributed by atoms with E-state index in [0.29, 0.717) is 28.8 Å². The smallest absolute Gasteiger partial charge is 0.267 e. The van der Waals surface area contributed by atoms with Crippen molar-refractivity contribution in [1.82, 2.24) is 0 Å². The van der Waals surface area contributed by atoms with Gasteiger partial charge in [0.1, 0.15) is 11.5 Å². The minimum atomic E-state index is -3.95.